The lowest BCUT2D eigenvalue weighted by atomic mass is 9.85. The molecule has 5 rings (SSSR count). The Labute approximate surface area is 175 Å². The SMILES string of the molecule is N#CC1CCCC[C@@H]1n1nc(Nc2ccc(-c3noc(=O)[nH]3)cc2)c2c(=O)[nH]ccc21. The monoisotopic (exact) mass is 417 g/mol. The number of benzene rings is 1. The molecule has 10 heteroatoms. The van der Waals surface area contributed by atoms with E-state index in [4.69, 9.17) is 5.10 Å². The van der Waals surface area contributed by atoms with Crippen molar-refractivity contribution in [2.75, 3.05) is 5.32 Å². The lowest BCUT2D eigenvalue weighted by Gasteiger charge is -2.27. The zero-order valence-corrected chi connectivity index (χ0v) is 16.5. The van der Waals surface area contributed by atoms with E-state index >= 15 is 0 Å². The van der Waals surface area contributed by atoms with Crippen LogP contribution in [0.4, 0.5) is 11.5 Å². The van der Waals surface area contributed by atoms with Crippen LogP contribution >= 0.6 is 0 Å². The van der Waals surface area contributed by atoms with Crippen LogP contribution in [0.15, 0.2) is 50.6 Å². The highest BCUT2D eigenvalue weighted by Gasteiger charge is 2.29. The fourth-order valence-electron chi connectivity index (χ4n) is 4.20. The molecular formula is C21H19N7O3. The van der Waals surface area contributed by atoms with Crippen molar-refractivity contribution >= 4 is 22.4 Å². The zero-order valence-electron chi connectivity index (χ0n) is 16.5. The molecule has 1 aliphatic rings. The minimum Gasteiger partial charge on any atom is -0.338 e. The standard InChI is InChI=1S/C21H19N7O3/c22-11-13-3-1-2-4-15(13)28-16-9-10-23-20(29)17(16)19(26-28)24-14-7-5-12(6-8-14)18-25-21(30)31-27-18/h5-10,13,15H,1-4H2,(H,23,29)(H,24,26)(H,25,27,30)/t13?,15-/m0/s1. The van der Waals surface area contributed by atoms with E-state index < -0.39 is 5.76 Å². The van der Waals surface area contributed by atoms with Crippen LogP contribution in [-0.4, -0.2) is 24.9 Å². The maximum Gasteiger partial charge on any atom is 0.439 e. The summed E-state index contributed by atoms with van der Waals surface area (Å²) in [5.41, 5.74) is 1.86. The normalized spacial score (nSPS) is 18.7. The van der Waals surface area contributed by atoms with Crippen molar-refractivity contribution in [1.29, 1.82) is 5.26 Å². The minimum atomic E-state index is -0.619. The Morgan fingerprint density at radius 1 is 1.16 bits per heavy atom. The smallest absolute Gasteiger partial charge is 0.338 e. The van der Waals surface area contributed by atoms with Crippen LogP contribution in [0.5, 0.6) is 0 Å². The Balaban J connectivity index is 1.52. The lowest BCUT2D eigenvalue weighted by molar-refractivity contribution is 0.277. The summed E-state index contributed by atoms with van der Waals surface area (Å²) in [6, 6.07) is 11.3. The maximum atomic E-state index is 12.6. The van der Waals surface area contributed by atoms with Gasteiger partial charge in [0.2, 0.25) is 0 Å². The molecule has 0 aliphatic heterocycles. The summed E-state index contributed by atoms with van der Waals surface area (Å²) in [7, 11) is 0. The molecule has 3 aromatic heterocycles. The fourth-order valence-corrected chi connectivity index (χ4v) is 4.20. The molecule has 156 valence electrons. The number of fused-ring (bicyclic) bond motifs is 1. The molecule has 3 N–H and O–H groups in total. The van der Waals surface area contributed by atoms with E-state index in [1.807, 2.05) is 10.7 Å². The molecule has 0 amide bonds. The number of hydrogen-bond acceptors (Lipinski definition) is 7. The third-order valence-corrected chi connectivity index (χ3v) is 5.70. The molecule has 1 aliphatic carbocycles. The van der Waals surface area contributed by atoms with Crippen molar-refractivity contribution in [2.45, 2.75) is 31.7 Å². The highest BCUT2D eigenvalue weighted by molar-refractivity contribution is 5.91. The number of nitrogens with one attached hydrogen (secondary N) is 3. The summed E-state index contributed by atoms with van der Waals surface area (Å²) in [5, 5.41) is 21.7. The molecule has 2 atom stereocenters. The van der Waals surface area contributed by atoms with Crippen molar-refractivity contribution in [2.24, 2.45) is 5.92 Å². The van der Waals surface area contributed by atoms with Crippen LogP contribution in [0.3, 0.4) is 0 Å². The topological polar surface area (TPSA) is 145 Å². The molecule has 0 saturated heterocycles. The summed E-state index contributed by atoms with van der Waals surface area (Å²) in [6.07, 6.45) is 5.35. The van der Waals surface area contributed by atoms with Gasteiger partial charge < -0.3 is 10.3 Å². The van der Waals surface area contributed by atoms with E-state index in [1.54, 1.807) is 30.5 Å². The molecule has 1 fully saturated rings. The summed E-state index contributed by atoms with van der Waals surface area (Å²) < 4.78 is 6.36. The molecule has 3 heterocycles. The van der Waals surface area contributed by atoms with Gasteiger partial charge in [-0.25, -0.2) is 4.79 Å². The first-order chi connectivity index (χ1) is 15.1. The van der Waals surface area contributed by atoms with Gasteiger partial charge in [0.15, 0.2) is 11.6 Å². The maximum absolute atomic E-state index is 12.6. The van der Waals surface area contributed by atoms with Crippen LogP contribution in [0, 0.1) is 17.2 Å². The van der Waals surface area contributed by atoms with Gasteiger partial charge in [-0.05, 0) is 43.2 Å². The molecule has 1 unspecified atom stereocenters. The predicted molar refractivity (Wildman–Crippen MR) is 113 cm³/mol. The number of aromatic nitrogens is 5. The third-order valence-electron chi connectivity index (χ3n) is 5.70. The molecule has 0 bridgehead atoms. The Morgan fingerprint density at radius 3 is 2.71 bits per heavy atom. The van der Waals surface area contributed by atoms with E-state index in [0.29, 0.717) is 33.8 Å². The Kier molecular flexibility index (Phi) is 4.63. The molecule has 0 spiro atoms. The number of H-pyrrole nitrogens is 2. The van der Waals surface area contributed by atoms with E-state index in [2.05, 4.69) is 31.0 Å². The van der Waals surface area contributed by atoms with E-state index in [9.17, 15) is 14.9 Å². The second-order valence-corrected chi connectivity index (χ2v) is 7.59. The largest absolute Gasteiger partial charge is 0.439 e. The van der Waals surface area contributed by atoms with Crippen molar-refractivity contribution in [3.8, 4) is 17.5 Å². The van der Waals surface area contributed by atoms with Gasteiger partial charge in [-0.15, -0.1) is 0 Å². The highest BCUT2D eigenvalue weighted by atomic mass is 16.5. The molecule has 10 nitrogen and oxygen atoms in total. The first-order valence-electron chi connectivity index (χ1n) is 10.1. The fraction of sp³-hybridized carbons (Fsp3) is 0.286. The molecule has 4 aromatic rings. The molecule has 1 aromatic carbocycles. The van der Waals surface area contributed by atoms with Gasteiger partial charge in [-0.1, -0.05) is 18.0 Å². The van der Waals surface area contributed by atoms with Gasteiger partial charge in [0.1, 0.15) is 5.39 Å². The number of rotatable bonds is 4. The Bertz CT molecular complexity index is 1390. The first-order valence-corrected chi connectivity index (χ1v) is 10.1. The van der Waals surface area contributed by atoms with Crippen molar-refractivity contribution in [3.63, 3.8) is 0 Å². The Hall–Kier alpha value is -4.13. The molecular weight excluding hydrogens is 398 g/mol. The number of nitrogens with zero attached hydrogens (tertiary/aromatic N) is 4. The highest BCUT2D eigenvalue weighted by Crippen LogP contribution is 2.36. The van der Waals surface area contributed by atoms with Crippen molar-refractivity contribution < 1.29 is 4.52 Å². The van der Waals surface area contributed by atoms with E-state index in [-0.39, 0.29) is 17.5 Å². The van der Waals surface area contributed by atoms with Crippen LogP contribution in [-0.2, 0) is 0 Å². The molecule has 0 radical (unpaired) electrons. The summed E-state index contributed by atoms with van der Waals surface area (Å²) in [4.78, 5) is 29.0. The summed E-state index contributed by atoms with van der Waals surface area (Å²) >= 11 is 0. The third kappa shape index (κ3) is 3.40. The second-order valence-electron chi connectivity index (χ2n) is 7.59. The quantitative estimate of drug-likeness (QED) is 0.462. The van der Waals surface area contributed by atoms with Crippen LogP contribution in [0.1, 0.15) is 31.7 Å². The van der Waals surface area contributed by atoms with Crippen molar-refractivity contribution in [3.05, 3.63) is 57.4 Å². The molecule has 1 saturated carbocycles. The average molecular weight is 417 g/mol. The first kappa shape index (κ1) is 18.9. The summed E-state index contributed by atoms with van der Waals surface area (Å²) in [6.45, 7) is 0. The number of hydrogen-bond donors (Lipinski definition) is 3. The van der Waals surface area contributed by atoms with Gasteiger partial charge in [0.05, 0.1) is 23.5 Å². The Morgan fingerprint density at radius 2 is 1.97 bits per heavy atom. The van der Waals surface area contributed by atoms with Gasteiger partial charge in [-0.3, -0.25) is 19.0 Å². The molecule has 31 heavy (non-hydrogen) atoms. The van der Waals surface area contributed by atoms with Crippen LogP contribution < -0.4 is 16.6 Å². The number of aromatic amines is 2. The van der Waals surface area contributed by atoms with Crippen LogP contribution in [0.2, 0.25) is 0 Å². The van der Waals surface area contributed by atoms with E-state index in [1.165, 1.54) is 0 Å². The van der Waals surface area contributed by atoms with Gasteiger partial charge in [0.25, 0.3) is 5.56 Å². The summed E-state index contributed by atoms with van der Waals surface area (Å²) in [5.74, 6) is 0.0176. The zero-order chi connectivity index (χ0) is 21.4. The van der Waals surface area contributed by atoms with Crippen molar-refractivity contribution in [1.82, 2.24) is 24.9 Å². The lowest BCUT2D eigenvalue weighted by Crippen LogP contribution is -2.23. The van der Waals surface area contributed by atoms with Gasteiger partial charge >= 0.3 is 5.76 Å². The predicted octanol–water partition coefficient (Wildman–Crippen LogP) is 3.07. The second kappa shape index (κ2) is 7.60. The number of nitriles is 1. The van der Waals surface area contributed by atoms with E-state index in [0.717, 1.165) is 25.7 Å². The number of pyridine rings is 1. The van der Waals surface area contributed by atoms with Gasteiger partial charge in [0, 0.05) is 17.4 Å². The number of anilines is 2. The average Bonchev–Trinajstić information content (AvgIpc) is 3.39. The van der Waals surface area contributed by atoms with Gasteiger partial charge in [-0.2, -0.15) is 10.4 Å². The van der Waals surface area contributed by atoms with Crippen LogP contribution in [0.25, 0.3) is 22.3 Å². The minimum absolute atomic E-state index is 0.0648.